The van der Waals surface area contributed by atoms with Crippen LogP contribution in [0.2, 0.25) is 0 Å². The molecule has 0 aromatic heterocycles. The molecule has 0 radical (unpaired) electrons. The van der Waals surface area contributed by atoms with Crippen molar-refractivity contribution in [3.05, 3.63) is 0 Å². The molecule has 1 rings (SSSR count). The second-order valence-electron chi connectivity index (χ2n) is 3.03. The summed E-state index contributed by atoms with van der Waals surface area (Å²) >= 11 is 0. The Hall–Kier alpha value is 0.0500. The van der Waals surface area contributed by atoms with Gasteiger partial charge >= 0.3 is 0 Å². The van der Waals surface area contributed by atoms with Crippen molar-refractivity contribution in [2.24, 2.45) is 5.73 Å². The lowest BCUT2D eigenvalue weighted by molar-refractivity contribution is -0.184. The SMILES string of the molecule is Cl.NC1C(O)C(O)C(O)C(O)C1O. The molecule has 6 nitrogen and oxygen atoms in total. The van der Waals surface area contributed by atoms with Crippen molar-refractivity contribution in [2.45, 2.75) is 36.6 Å². The van der Waals surface area contributed by atoms with Crippen LogP contribution in [-0.2, 0) is 0 Å². The van der Waals surface area contributed by atoms with Crippen molar-refractivity contribution in [1.29, 1.82) is 0 Å². The third-order valence-electron chi connectivity index (χ3n) is 2.19. The minimum absolute atomic E-state index is 0. The Morgan fingerprint density at radius 2 is 0.846 bits per heavy atom. The Bertz CT molecular complexity index is 113. The molecular formula is C6H14ClNO5. The zero-order valence-corrected chi connectivity index (χ0v) is 7.50. The van der Waals surface area contributed by atoms with Crippen LogP contribution < -0.4 is 5.73 Å². The molecule has 0 aromatic carbocycles. The average Bonchev–Trinajstić information content (AvgIpc) is 2.08. The minimum Gasteiger partial charge on any atom is -0.389 e. The van der Waals surface area contributed by atoms with Crippen molar-refractivity contribution in [2.75, 3.05) is 0 Å². The van der Waals surface area contributed by atoms with Gasteiger partial charge in [0.05, 0.1) is 6.04 Å². The number of nitrogens with two attached hydrogens (primary N) is 1. The van der Waals surface area contributed by atoms with Crippen LogP contribution in [0, 0.1) is 0 Å². The van der Waals surface area contributed by atoms with E-state index in [2.05, 4.69) is 0 Å². The molecule has 1 saturated carbocycles. The van der Waals surface area contributed by atoms with Crippen LogP contribution in [0.5, 0.6) is 0 Å². The van der Waals surface area contributed by atoms with Crippen LogP contribution in [0.1, 0.15) is 0 Å². The van der Waals surface area contributed by atoms with Gasteiger partial charge in [-0.1, -0.05) is 0 Å². The Kier molecular flexibility index (Phi) is 4.53. The zero-order valence-electron chi connectivity index (χ0n) is 6.69. The van der Waals surface area contributed by atoms with Gasteiger partial charge in [-0.05, 0) is 0 Å². The Balaban J connectivity index is 0.00000144. The summed E-state index contributed by atoms with van der Waals surface area (Å²) in [6.07, 6.45) is -7.43. The van der Waals surface area contributed by atoms with Crippen molar-refractivity contribution >= 4 is 12.4 Å². The summed E-state index contributed by atoms with van der Waals surface area (Å²) in [5.41, 5.74) is 5.23. The fourth-order valence-electron chi connectivity index (χ4n) is 1.26. The topological polar surface area (TPSA) is 127 Å². The van der Waals surface area contributed by atoms with Crippen LogP contribution in [0.4, 0.5) is 0 Å². The summed E-state index contributed by atoms with van der Waals surface area (Å²) in [6, 6.07) is -1.14. The summed E-state index contributed by atoms with van der Waals surface area (Å²) in [5, 5.41) is 45.3. The van der Waals surface area contributed by atoms with E-state index in [-0.39, 0.29) is 12.4 Å². The number of hydrogen-bond donors (Lipinski definition) is 6. The molecule has 1 fully saturated rings. The standard InChI is InChI=1S/C6H13NO5.ClH/c7-1-2(8)4(10)6(12)5(11)3(1)9;/h1-6,8-12H,7H2;1H. The Morgan fingerprint density at radius 1 is 0.615 bits per heavy atom. The molecule has 0 spiro atoms. The van der Waals surface area contributed by atoms with E-state index in [1.54, 1.807) is 0 Å². The highest BCUT2D eigenvalue weighted by Gasteiger charge is 2.46. The van der Waals surface area contributed by atoms with Gasteiger partial charge in [0.1, 0.15) is 30.5 Å². The first-order valence-corrected chi connectivity index (χ1v) is 3.62. The number of hydrogen-bond acceptors (Lipinski definition) is 6. The van der Waals surface area contributed by atoms with Gasteiger partial charge < -0.3 is 31.3 Å². The highest BCUT2D eigenvalue weighted by atomic mass is 35.5. The summed E-state index contributed by atoms with van der Waals surface area (Å²) < 4.78 is 0. The maximum absolute atomic E-state index is 9.10. The molecule has 4 unspecified atom stereocenters. The van der Waals surface area contributed by atoms with Crippen molar-refractivity contribution in [1.82, 2.24) is 0 Å². The summed E-state index contributed by atoms with van der Waals surface area (Å²) in [7, 11) is 0. The summed E-state index contributed by atoms with van der Waals surface area (Å²) in [6.45, 7) is 0. The maximum Gasteiger partial charge on any atom is 0.111 e. The molecule has 7 N–H and O–H groups in total. The van der Waals surface area contributed by atoms with E-state index in [4.69, 9.17) is 31.3 Å². The first kappa shape index (κ1) is 13.1. The predicted molar refractivity (Wildman–Crippen MR) is 45.3 cm³/mol. The second-order valence-corrected chi connectivity index (χ2v) is 3.03. The van der Waals surface area contributed by atoms with E-state index in [0.717, 1.165) is 0 Å². The fourth-order valence-corrected chi connectivity index (χ4v) is 1.26. The van der Waals surface area contributed by atoms with Gasteiger partial charge in [-0.2, -0.15) is 0 Å². The van der Waals surface area contributed by atoms with Crippen LogP contribution in [0.3, 0.4) is 0 Å². The number of aliphatic hydroxyl groups is 5. The molecule has 1 aliphatic carbocycles. The third-order valence-corrected chi connectivity index (χ3v) is 2.19. The molecule has 0 amide bonds. The van der Waals surface area contributed by atoms with Crippen molar-refractivity contribution < 1.29 is 25.5 Å². The molecule has 0 bridgehead atoms. The van der Waals surface area contributed by atoms with Gasteiger partial charge in [0.2, 0.25) is 0 Å². The first-order chi connectivity index (χ1) is 5.46. The monoisotopic (exact) mass is 215 g/mol. The Labute approximate surface area is 81.0 Å². The quantitative estimate of drug-likeness (QED) is 0.250. The molecule has 0 aromatic rings. The lowest BCUT2D eigenvalue weighted by atomic mass is 9.84. The number of aliphatic hydroxyl groups excluding tert-OH is 5. The molecular weight excluding hydrogens is 202 g/mol. The molecule has 0 aliphatic heterocycles. The van der Waals surface area contributed by atoms with E-state index < -0.39 is 36.6 Å². The van der Waals surface area contributed by atoms with Gasteiger partial charge in [-0.25, -0.2) is 0 Å². The maximum atomic E-state index is 9.10. The van der Waals surface area contributed by atoms with E-state index in [0.29, 0.717) is 0 Å². The number of rotatable bonds is 0. The average molecular weight is 216 g/mol. The summed E-state index contributed by atoms with van der Waals surface area (Å²) in [5.74, 6) is 0. The van der Waals surface area contributed by atoms with Crippen molar-refractivity contribution in [3.63, 3.8) is 0 Å². The highest BCUT2D eigenvalue weighted by Crippen LogP contribution is 2.19. The van der Waals surface area contributed by atoms with Crippen LogP contribution >= 0.6 is 12.4 Å². The first-order valence-electron chi connectivity index (χ1n) is 3.62. The minimum atomic E-state index is -1.56. The van der Waals surface area contributed by atoms with Crippen molar-refractivity contribution in [3.8, 4) is 0 Å². The third kappa shape index (κ3) is 2.10. The van der Waals surface area contributed by atoms with E-state index in [9.17, 15) is 0 Å². The van der Waals surface area contributed by atoms with Gasteiger partial charge in [-0.15, -0.1) is 12.4 Å². The number of halogens is 1. The van der Waals surface area contributed by atoms with Gasteiger partial charge in [0.25, 0.3) is 0 Å². The lowest BCUT2D eigenvalue weighted by Crippen LogP contribution is -2.66. The van der Waals surface area contributed by atoms with Gasteiger partial charge in [0.15, 0.2) is 0 Å². The molecule has 1 aliphatic rings. The molecule has 13 heavy (non-hydrogen) atoms. The molecule has 80 valence electrons. The molecule has 0 saturated heterocycles. The normalized spacial score (nSPS) is 51.2. The van der Waals surface area contributed by atoms with E-state index in [1.807, 2.05) is 0 Å². The smallest absolute Gasteiger partial charge is 0.111 e. The fraction of sp³-hybridized carbons (Fsp3) is 1.00. The second kappa shape index (κ2) is 4.52. The Morgan fingerprint density at radius 3 is 1.15 bits per heavy atom. The van der Waals surface area contributed by atoms with Crippen LogP contribution in [0.15, 0.2) is 0 Å². The molecule has 7 heteroatoms. The predicted octanol–water partition coefficient (Wildman–Crippen LogP) is -3.45. The van der Waals surface area contributed by atoms with Gasteiger partial charge in [-0.3, -0.25) is 0 Å². The van der Waals surface area contributed by atoms with E-state index in [1.165, 1.54) is 0 Å². The summed E-state index contributed by atoms with van der Waals surface area (Å²) in [4.78, 5) is 0. The van der Waals surface area contributed by atoms with E-state index >= 15 is 0 Å². The molecule has 4 atom stereocenters. The van der Waals surface area contributed by atoms with Crippen LogP contribution in [-0.4, -0.2) is 62.1 Å². The lowest BCUT2D eigenvalue weighted by Gasteiger charge is -2.40. The largest absolute Gasteiger partial charge is 0.389 e. The van der Waals surface area contributed by atoms with Gasteiger partial charge in [0, 0.05) is 0 Å². The zero-order chi connectivity index (χ0) is 9.46. The highest BCUT2D eigenvalue weighted by molar-refractivity contribution is 5.85. The van der Waals surface area contributed by atoms with Crippen LogP contribution in [0.25, 0.3) is 0 Å². The molecule has 0 heterocycles.